The first-order chi connectivity index (χ1) is 5.76. The van der Waals surface area contributed by atoms with E-state index in [1.807, 2.05) is 26.0 Å². The van der Waals surface area contributed by atoms with Crippen LogP contribution in [-0.4, -0.2) is 16.4 Å². The Morgan fingerprint density at radius 1 is 1.42 bits per heavy atom. The molecule has 0 aliphatic heterocycles. The number of allylic oxidation sites excluding steroid dienone is 2. The molecule has 2 N–H and O–H groups in total. The highest BCUT2D eigenvalue weighted by Gasteiger charge is 1.98. The third-order valence-electron chi connectivity index (χ3n) is 1.06. The van der Waals surface area contributed by atoms with Gasteiger partial charge >= 0.3 is 0 Å². The van der Waals surface area contributed by atoms with E-state index in [1.54, 1.807) is 12.4 Å². The minimum Gasteiger partial charge on any atom is -0.339 e. The van der Waals surface area contributed by atoms with Crippen molar-refractivity contribution in [1.82, 2.24) is 10.2 Å². The first kappa shape index (κ1) is 10.8. The van der Waals surface area contributed by atoms with Crippen molar-refractivity contribution in [2.45, 2.75) is 13.8 Å². The molecule has 0 aromatic rings. The molecule has 0 spiro atoms. The summed E-state index contributed by atoms with van der Waals surface area (Å²) in [6, 6.07) is 0. The van der Waals surface area contributed by atoms with E-state index < -0.39 is 0 Å². The lowest BCUT2D eigenvalue weighted by Crippen LogP contribution is -2.31. The van der Waals surface area contributed by atoms with Crippen molar-refractivity contribution in [3.8, 4) is 0 Å². The molecule has 0 saturated heterocycles. The zero-order valence-electron chi connectivity index (χ0n) is 7.24. The van der Waals surface area contributed by atoms with Crippen molar-refractivity contribution < 1.29 is 0 Å². The zero-order valence-corrected chi connectivity index (χ0v) is 8.06. The van der Waals surface area contributed by atoms with Gasteiger partial charge in [0.1, 0.15) is 0 Å². The largest absolute Gasteiger partial charge is 0.339 e. The van der Waals surface area contributed by atoms with Crippen LogP contribution in [0.25, 0.3) is 0 Å². The Bertz CT molecular complexity index is 208. The predicted octanol–water partition coefficient (Wildman–Crippen LogP) is 1.84. The summed E-state index contributed by atoms with van der Waals surface area (Å²) in [5.41, 5.74) is 0. The van der Waals surface area contributed by atoms with Gasteiger partial charge in [-0.25, -0.2) is 0 Å². The monoisotopic (exact) mass is 183 g/mol. The maximum atomic E-state index is 7.03. The number of nitrogens with one attached hydrogen (secondary N) is 2. The Balaban J connectivity index is 4.11. The lowest BCUT2D eigenvalue weighted by Gasteiger charge is -2.13. The lowest BCUT2D eigenvalue weighted by molar-refractivity contribution is 0.828. The summed E-state index contributed by atoms with van der Waals surface area (Å²) in [6.45, 7) is 3.76. The predicted molar refractivity (Wildman–Crippen MR) is 56.0 cm³/mol. The van der Waals surface area contributed by atoms with Gasteiger partial charge in [-0.15, -0.1) is 0 Å². The summed E-state index contributed by atoms with van der Waals surface area (Å²) in [5.74, 6) is 0. The number of thiocarbonyl (C=S) groups is 1. The van der Waals surface area contributed by atoms with Crippen LogP contribution in [-0.2, 0) is 0 Å². The smallest absolute Gasteiger partial charge is 0.182 e. The fourth-order valence-corrected chi connectivity index (χ4v) is 0.741. The van der Waals surface area contributed by atoms with Crippen LogP contribution in [0, 0.1) is 5.41 Å². The van der Waals surface area contributed by atoms with Gasteiger partial charge in [0.25, 0.3) is 0 Å². The quantitative estimate of drug-likeness (QED) is 0.398. The molecule has 0 atom stereocenters. The standard InChI is InChI=1S/C8H13N3S/c1-3-5-10-8(12)11(7-9)6-4-2/h3-7,9H,1-2H3,(H,10,12)/b5-3-,6-4-,9-7?. The maximum absolute atomic E-state index is 7.03. The van der Waals surface area contributed by atoms with E-state index in [4.69, 9.17) is 17.6 Å². The Morgan fingerprint density at radius 2 is 2.08 bits per heavy atom. The molecule has 66 valence electrons. The van der Waals surface area contributed by atoms with Gasteiger partial charge in [-0.1, -0.05) is 12.2 Å². The van der Waals surface area contributed by atoms with Crippen LogP contribution in [0.5, 0.6) is 0 Å². The van der Waals surface area contributed by atoms with Gasteiger partial charge in [-0.3, -0.25) is 10.3 Å². The molecule has 12 heavy (non-hydrogen) atoms. The first-order valence-electron chi connectivity index (χ1n) is 3.59. The second-order valence-corrected chi connectivity index (χ2v) is 2.35. The summed E-state index contributed by atoms with van der Waals surface area (Å²) < 4.78 is 0. The van der Waals surface area contributed by atoms with E-state index in [9.17, 15) is 0 Å². The van der Waals surface area contributed by atoms with Crippen molar-refractivity contribution in [3.63, 3.8) is 0 Å². The Hall–Kier alpha value is -1.16. The number of hydrogen-bond acceptors (Lipinski definition) is 2. The second kappa shape index (κ2) is 6.54. The third-order valence-corrected chi connectivity index (χ3v) is 1.39. The molecule has 0 fully saturated rings. The van der Waals surface area contributed by atoms with Crippen LogP contribution < -0.4 is 5.32 Å². The van der Waals surface area contributed by atoms with E-state index in [0.717, 1.165) is 6.34 Å². The average Bonchev–Trinajstić information content (AvgIpc) is 2.10. The summed E-state index contributed by atoms with van der Waals surface area (Å²) in [7, 11) is 0. The van der Waals surface area contributed by atoms with Crippen LogP contribution >= 0.6 is 12.2 Å². The Morgan fingerprint density at radius 3 is 2.50 bits per heavy atom. The Kier molecular flexibility index (Phi) is 5.91. The molecule has 0 radical (unpaired) electrons. The molecule has 0 amide bonds. The highest BCUT2D eigenvalue weighted by molar-refractivity contribution is 7.80. The number of rotatable bonds is 3. The van der Waals surface area contributed by atoms with Crippen molar-refractivity contribution in [1.29, 1.82) is 5.41 Å². The Labute approximate surface area is 78.3 Å². The molecule has 4 heteroatoms. The molecular weight excluding hydrogens is 170 g/mol. The minimum absolute atomic E-state index is 0.487. The van der Waals surface area contributed by atoms with E-state index in [2.05, 4.69) is 5.32 Å². The van der Waals surface area contributed by atoms with Gasteiger partial charge in [-0.2, -0.15) is 0 Å². The average molecular weight is 183 g/mol. The molecule has 0 aromatic carbocycles. The van der Waals surface area contributed by atoms with Crippen LogP contribution in [0.1, 0.15) is 13.8 Å². The van der Waals surface area contributed by atoms with Gasteiger partial charge in [0, 0.05) is 6.20 Å². The fourth-order valence-electron chi connectivity index (χ4n) is 0.559. The highest BCUT2D eigenvalue weighted by atomic mass is 32.1. The highest BCUT2D eigenvalue weighted by Crippen LogP contribution is 1.87. The SMILES string of the molecule is C/C=C\NC(=S)N(C=N)/C=C\C. The van der Waals surface area contributed by atoms with Crippen molar-refractivity contribution in [3.05, 3.63) is 24.6 Å². The summed E-state index contributed by atoms with van der Waals surface area (Å²) in [5, 5.41) is 10.4. The molecule has 0 heterocycles. The maximum Gasteiger partial charge on any atom is 0.182 e. The zero-order chi connectivity index (χ0) is 9.40. The van der Waals surface area contributed by atoms with Crippen LogP contribution in [0.2, 0.25) is 0 Å². The van der Waals surface area contributed by atoms with Crippen molar-refractivity contribution in [2.75, 3.05) is 0 Å². The van der Waals surface area contributed by atoms with E-state index in [0.29, 0.717) is 5.11 Å². The van der Waals surface area contributed by atoms with Gasteiger partial charge in [0.15, 0.2) is 5.11 Å². The van der Waals surface area contributed by atoms with Crippen molar-refractivity contribution in [2.24, 2.45) is 0 Å². The molecular formula is C8H13N3S. The third kappa shape index (κ3) is 3.88. The number of hydrogen-bond donors (Lipinski definition) is 2. The molecule has 0 unspecified atom stereocenters. The van der Waals surface area contributed by atoms with Gasteiger partial charge < -0.3 is 5.32 Å². The first-order valence-corrected chi connectivity index (χ1v) is 4.00. The van der Waals surface area contributed by atoms with E-state index in [1.165, 1.54) is 4.90 Å². The minimum atomic E-state index is 0.487. The van der Waals surface area contributed by atoms with Gasteiger partial charge in [-0.05, 0) is 32.3 Å². The normalized spacial score (nSPS) is 10.5. The van der Waals surface area contributed by atoms with Crippen LogP contribution in [0.4, 0.5) is 0 Å². The molecule has 0 rings (SSSR count). The van der Waals surface area contributed by atoms with Crippen LogP contribution in [0.3, 0.4) is 0 Å². The molecule has 0 bridgehead atoms. The molecule has 0 aliphatic rings. The van der Waals surface area contributed by atoms with Gasteiger partial charge in [0.2, 0.25) is 0 Å². The van der Waals surface area contributed by atoms with Gasteiger partial charge in [0.05, 0.1) is 6.34 Å². The lowest BCUT2D eigenvalue weighted by atomic mass is 10.6. The summed E-state index contributed by atoms with van der Waals surface area (Å²) >= 11 is 4.97. The topological polar surface area (TPSA) is 39.1 Å². The van der Waals surface area contributed by atoms with Crippen LogP contribution in [0.15, 0.2) is 24.6 Å². The second-order valence-electron chi connectivity index (χ2n) is 1.97. The number of nitrogens with zero attached hydrogens (tertiary/aromatic N) is 1. The summed E-state index contributed by atoms with van der Waals surface area (Å²) in [6.07, 6.45) is 8.24. The van der Waals surface area contributed by atoms with E-state index >= 15 is 0 Å². The molecule has 0 saturated carbocycles. The fraction of sp³-hybridized carbons (Fsp3) is 0.250. The molecule has 0 aliphatic carbocycles. The molecule has 0 aromatic heterocycles. The summed E-state index contributed by atoms with van der Waals surface area (Å²) in [4.78, 5) is 1.51. The van der Waals surface area contributed by atoms with E-state index in [-0.39, 0.29) is 0 Å². The molecule has 3 nitrogen and oxygen atoms in total. The van der Waals surface area contributed by atoms with Crippen molar-refractivity contribution >= 4 is 23.7 Å².